The maximum atomic E-state index is 12.7. The zero-order valence-corrected chi connectivity index (χ0v) is 9.92. The summed E-state index contributed by atoms with van der Waals surface area (Å²) >= 11 is 0. The highest BCUT2D eigenvalue weighted by Crippen LogP contribution is 2.31. The standard InChI is InChI=1S/C12H15F3N2O/c1-8(11(16)18)6-17-7-9-4-2-3-5-10(9)12(13,14)15/h2-5,8,17H,6-7H2,1H3,(H2,16,18). The quantitative estimate of drug-likeness (QED) is 0.849. The number of halogens is 3. The molecule has 1 atom stereocenters. The van der Waals surface area contributed by atoms with E-state index in [-0.39, 0.29) is 18.7 Å². The summed E-state index contributed by atoms with van der Waals surface area (Å²) in [6.07, 6.45) is -4.37. The fraction of sp³-hybridized carbons (Fsp3) is 0.417. The first-order valence-corrected chi connectivity index (χ1v) is 5.47. The molecule has 6 heteroatoms. The van der Waals surface area contributed by atoms with Gasteiger partial charge in [0.25, 0.3) is 0 Å². The number of alkyl halides is 3. The third-order valence-corrected chi connectivity index (χ3v) is 2.57. The maximum Gasteiger partial charge on any atom is 0.416 e. The topological polar surface area (TPSA) is 55.1 Å². The van der Waals surface area contributed by atoms with Crippen LogP contribution in [-0.2, 0) is 17.5 Å². The van der Waals surface area contributed by atoms with E-state index >= 15 is 0 Å². The Morgan fingerprint density at radius 2 is 2.00 bits per heavy atom. The lowest BCUT2D eigenvalue weighted by Crippen LogP contribution is -2.31. The average Bonchev–Trinajstić information content (AvgIpc) is 2.28. The summed E-state index contributed by atoms with van der Waals surface area (Å²) in [4.78, 5) is 10.8. The summed E-state index contributed by atoms with van der Waals surface area (Å²) < 4.78 is 38.0. The Balaban J connectivity index is 2.66. The van der Waals surface area contributed by atoms with Gasteiger partial charge in [0.15, 0.2) is 0 Å². The van der Waals surface area contributed by atoms with E-state index in [1.165, 1.54) is 12.1 Å². The van der Waals surface area contributed by atoms with Gasteiger partial charge >= 0.3 is 6.18 Å². The second-order valence-electron chi connectivity index (χ2n) is 4.09. The van der Waals surface area contributed by atoms with E-state index in [1.807, 2.05) is 0 Å². The first-order chi connectivity index (χ1) is 8.32. The van der Waals surface area contributed by atoms with E-state index < -0.39 is 23.6 Å². The maximum absolute atomic E-state index is 12.7. The molecule has 18 heavy (non-hydrogen) atoms. The van der Waals surface area contributed by atoms with Crippen LogP contribution in [0.1, 0.15) is 18.1 Å². The molecule has 3 nitrogen and oxygen atoms in total. The van der Waals surface area contributed by atoms with Crippen molar-refractivity contribution < 1.29 is 18.0 Å². The van der Waals surface area contributed by atoms with Crippen molar-refractivity contribution >= 4 is 5.91 Å². The molecule has 0 fully saturated rings. The van der Waals surface area contributed by atoms with E-state index in [9.17, 15) is 18.0 Å². The second-order valence-corrected chi connectivity index (χ2v) is 4.09. The molecule has 3 N–H and O–H groups in total. The molecule has 0 saturated carbocycles. The molecule has 0 bridgehead atoms. The third-order valence-electron chi connectivity index (χ3n) is 2.57. The van der Waals surface area contributed by atoms with Crippen LogP contribution in [0.2, 0.25) is 0 Å². The fourth-order valence-corrected chi connectivity index (χ4v) is 1.47. The average molecular weight is 260 g/mol. The number of carbonyl (C=O) groups is 1. The molecule has 0 heterocycles. The van der Waals surface area contributed by atoms with Gasteiger partial charge in [-0.15, -0.1) is 0 Å². The van der Waals surface area contributed by atoms with Gasteiger partial charge in [0, 0.05) is 19.0 Å². The molecule has 1 aromatic rings. The number of carbonyl (C=O) groups excluding carboxylic acids is 1. The van der Waals surface area contributed by atoms with Crippen LogP contribution in [0.4, 0.5) is 13.2 Å². The van der Waals surface area contributed by atoms with Gasteiger partial charge in [0.1, 0.15) is 0 Å². The summed E-state index contributed by atoms with van der Waals surface area (Å²) in [5.41, 5.74) is 4.55. The molecule has 1 unspecified atom stereocenters. The second kappa shape index (κ2) is 5.86. The molecular weight excluding hydrogens is 245 g/mol. The monoisotopic (exact) mass is 260 g/mol. The Morgan fingerprint density at radius 1 is 1.39 bits per heavy atom. The Morgan fingerprint density at radius 3 is 2.56 bits per heavy atom. The summed E-state index contributed by atoms with van der Waals surface area (Å²) in [5, 5.41) is 2.79. The Bertz CT molecular complexity index is 418. The number of rotatable bonds is 5. The molecule has 1 amide bonds. The first kappa shape index (κ1) is 14.5. The van der Waals surface area contributed by atoms with Crippen molar-refractivity contribution in [2.45, 2.75) is 19.6 Å². The van der Waals surface area contributed by atoms with Crippen LogP contribution >= 0.6 is 0 Å². The molecule has 0 aliphatic rings. The lowest BCUT2D eigenvalue weighted by Gasteiger charge is -2.14. The lowest BCUT2D eigenvalue weighted by atomic mass is 10.1. The summed E-state index contributed by atoms with van der Waals surface area (Å²) in [7, 11) is 0. The Labute approximate surface area is 103 Å². The van der Waals surface area contributed by atoms with E-state index in [0.29, 0.717) is 0 Å². The van der Waals surface area contributed by atoms with Crippen molar-refractivity contribution in [3.8, 4) is 0 Å². The van der Waals surface area contributed by atoms with Crippen LogP contribution in [0, 0.1) is 5.92 Å². The number of hydrogen-bond acceptors (Lipinski definition) is 2. The van der Waals surface area contributed by atoms with Crippen molar-refractivity contribution in [3.63, 3.8) is 0 Å². The molecule has 0 aromatic heterocycles. The van der Waals surface area contributed by atoms with Gasteiger partial charge in [0.2, 0.25) is 5.91 Å². The van der Waals surface area contributed by atoms with Crippen molar-refractivity contribution in [2.75, 3.05) is 6.54 Å². The molecular formula is C12H15F3N2O. The Kier molecular flexibility index (Phi) is 4.72. The highest BCUT2D eigenvalue weighted by atomic mass is 19.4. The van der Waals surface area contributed by atoms with E-state index in [0.717, 1.165) is 6.07 Å². The zero-order valence-electron chi connectivity index (χ0n) is 9.92. The van der Waals surface area contributed by atoms with Crippen molar-refractivity contribution in [2.24, 2.45) is 11.7 Å². The van der Waals surface area contributed by atoms with Gasteiger partial charge in [-0.2, -0.15) is 13.2 Å². The molecule has 1 rings (SSSR count). The number of primary amides is 1. The van der Waals surface area contributed by atoms with Crippen molar-refractivity contribution in [3.05, 3.63) is 35.4 Å². The summed E-state index contributed by atoms with van der Waals surface area (Å²) in [5.74, 6) is -0.894. The van der Waals surface area contributed by atoms with Crippen molar-refractivity contribution in [1.82, 2.24) is 5.32 Å². The van der Waals surface area contributed by atoms with Gasteiger partial charge in [-0.25, -0.2) is 0 Å². The van der Waals surface area contributed by atoms with Gasteiger partial charge in [-0.1, -0.05) is 25.1 Å². The molecule has 0 aliphatic carbocycles. The summed E-state index contributed by atoms with van der Waals surface area (Å²) in [6.45, 7) is 1.92. The minimum atomic E-state index is -4.37. The minimum absolute atomic E-state index is 0.0489. The van der Waals surface area contributed by atoms with Gasteiger partial charge in [-0.05, 0) is 11.6 Å². The predicted octanol–water partition coefficient (Wildman–Crippen LogP) is 1.92. The van der Waals surface area contributed by atoms with Gasteiger partial charge in [-0.3, -0.25) is 4.79 Å². The molecule has 0 aliphatic heterocycles. The van der Waals surface area contributed by atoms with Gasteiger partial charge < -0.3 is 11.1 Å². The van der Waals surface area contributed by atoms with Crippen molar-refractivity contribution in [1.29, 1.82) is 0 Å². The van der Waals surface area contributed by atoms with Crippen LogP contribution in [0.3, 0.4) is 0 Å². The van der Waals surface area contributed by atoms with Crippen LogP contribution < -0.4 is 11.1 Å². The highest BCUT2D eigenvalue weighted by Gasteiger charge is 2.32. The molecule has 0 saturated heterocycles. The lowest BCUT2D eigenvalue weighted by molar-refractivity contribution is -0.138. The number of nitrogens with two attached hydrogens (primary N) is 1. The minimum Gasteiger partial charge on any atom is -0.369 e. The van der Waals surface area contributed by atoms with E-state index in [1.54, 1.807) is 13.0 Å². The largest absolute Gasteiger partial charge is 0.416 e. The van der Waals surface area contributed by atoms with Crippen LogP contribution in [-0.4, -0.2) is 12.5 Å². The molecule has 100 valence electrons. The number of hydrogen-bond donors (Lipinski definition) is 2. The smallest absolute Gasteiger partial charge is 0.369 e. The third kappa shape index (κ3) is 4.03. The Hall–Kier alpha value is -1.56. The van der Waals surface area contributed by atoms with E-state index in [4.69, 9.17) is 5.73 Å². The molecule has 1 aromatic carbocycles. The van der Waals surface area contributed by atoms with Crippen LogP contribution in [0.15, 0.2) is 24.3 Å². The number of benzene rings is 1. The summed E-state index contributed by atoms with van der Waals surface area (Å²) in [6, 6.07) is 5.33. The van der Waals surface area contributed by atoms with Crippen LogP contribution in [0.5, 0.6) is 0 Å². The molecule has 0 spiro atoms. The van der Waals surface area contributed by atoms with Crippen LogP contribution in [0.25, 0.3) is 0 Å². The SMILES string of the molecule is CC(CNCc1ccccc1C(F)(F)F)C(N)=O. The normalized spacial score (nSPS) is 13.3. The molecule has 0 radical (unpaired) electrons. The highest BCUT2D eigenvalue weighted by molar-refractivity contribution is 5.76. The first-order valence-electron chi connectivity index (χ1n) is 5.47. The predicted molar refractivity (Wildman–Crippen MR) is 61.5 cm³/mol. The number of amides is 1. The van der Waals surface area contributed by atoms with Gasteiger partial charge in [0.05, 0.1) is 5.56 Å². The van der Waals surface area contributed by atoms with E-state index in [2.05, 4.69) is 5.32 Å². The number of nitrogens with one attached hydrogen (secondary N) is 1. The fourth-order valence-electron chi connectivity index (χ4n) is 1.47. The zero-order chi connectivity index (χ0) is 13.8.